The third-order valence-electron chi connectivity index (χ3n) is 1.90. The zero-order valence-corrected chi connectivity index (χ0v) is 8.63. The predicted molar refractivity (Wildman–Crippen MR) is 52.9 cm³/mol. The predicted octanol–water partition coefficient (Wildman–Crippen LogP) is 0.309. The van der Waals surface area contributed by atoms with Crippen molar-refractivity contribution < 1.29 is 9.47 Å². The molecule has 0 atom stereocenters. The number of rotatable bonds is 2. The van der Waals surface area contributed by atoms with Crippen molar-refractivity contribution in [3.63, 3.8) is 0 Å². The zero-order chi connectivity index (χ0) is 11.5. The van der Waals surface area contributed by atoms with E-state index in [-0.39, 0.29) is 17.5 Å². The molecule has 0 aromatic carbocycles. The lowest BCUT2D eigenvalue weighted by Gasteiger charge is -2.04. The van der Waals surface area contributed by atoms with Gasteiger partial charge in [0.15, 0.2) is 11.2 Å². The second kappa shape index (κ2) is 3.94. The van der Waals surface area contributed by atoms with Gasteiger partial charge in [0.25, 0.3) is 5.88 Å². The number of fused-ring (bicyclic) bond motifs is 1. The molecule has 0 aliphatic carbocycles. The monoisotopic (exact) mass is 217 g/mol. The second-order valence-electron chi connectivity index (χ2n) is 2.75. The largest absolute Gasteiger partial charge is 0.479 e. The molecule has 0 saturated carbocycles. The van der Waals surface area contributed by atoms with Crippen molar-refractivity contribution in [3.8, 4) is 17.8 Å². The maximum Gasteiger partial charge on any atom is 0.253 e. The SMILES string of the molecule is COc1nc2ncnc(OC)c2nc1C#N. The fraction of sp³-hybridized carbons (Fsp3) is 0.222. The summed E-state index contributed by atoms with van der Waals surface area (Å²) in [4.78, 5) is 15.9. The molecule has 0 unspecified atom stereocenters. The summed E-state index contributed by atoms with van der Waals surface area (Å²) < 4.78 is 9.92. The van der Waals surface area contributed by atoms with E-state index in [1.54, 1.807) is 0 Å². The molecule has 0 spiro atoms. The first-order chi connectivity index (χ1) is 7.80. The Morgan fingerprint density at radius 1 is 1.12 bits per heavy atom. The van der Waals surface area contributed by atoms with Crippen molar-refractivity contribution in [2.24, 2.45) is 0 Å². The maximum atomic E-state index is 8.86. The summed E-state index contributed by atoms with van der Waals surface area (Å²) in [6, 6.07) is 1.88. The van der Waals surface area contributed by atoms with E-state index in [1.807, 2.05) is 6.07 Å². The van der Waals surface area contributed by atoms with Crippen LogP contribution in [0.3, 0.4) is 0 Å². The van der Waals surface area contributed by atoms with Gasteiger partial charge in [-0.3, -0.25) is 0 Å². The molecular formula is C9H7N5O2. The molecule has 0 fully saturated rings. The summed E-state index contributed by atoms with van der Waals surface area (Å²) in [6.07, 6.45) is 1.31. The Bertz CT molecular complexity index is 578. The Morgan fingerprint density at radius 2 is 1.88 bits per heavy atom. The summed E-state index contributed by atoms with van der Waals surface area (Å²) in [7, 11) is 2.87. The Labute approximate surface area is 90.7 Å². The first kappa shape index (κ1) is 10.0. The van der Waals surface area contributed by atoms with Crippen molar-refractivity contribution in [3.05, 3.63) is 12.0 Å². The van der Waals surface area contributed by atoms with E-state index in [9.17, 15) is 0 Å². The van der Waals surface area contributed by atoms with E-state index in [0.717, 1.165) is 0 Å². The number of hydrogen-bond donors (Lipinski definition) is 0. The molecule has 0 N–H and O–H groups in total. The standard InChI is InChI=1S/C9H7N5O2/c1-15-8-5(3-10)13-6-7(14-8)11-4-12-9(6)16-2/h4H,1-2H3. The van der Waals surface area contributed by atoms with Crippen LogP contribution in [-0.2, 0) is 0 Å². The molecule has 2 rings (SSSR count). The second-order valence-corrected chi connectivity index (χ2v) is 2.75. The van der Waals surface area contributed by atoms with Crippen LogP contribution in [0.25, 0.3) is 11.2 Å². The van der Waals surface area contributed by atoms with Gasteiger partial charge in [0, 0.05) is 0 Å². The molecule has 0 aliphatic heterocycles. The third-order valence-corrected chi connectivity index (χ3v) is 1.90. The summed E-state index contributed by atoms with van der Waals surface area (Å²) >= 11 is 0. The molecule has 0 radical (unpaired) electrons. The van der Waals surface area contributed by atoms with Crippen molar-refractivity contribution >= 4 is 11.2 Å². The fourth-order valence-electron chi connectivity index (χ4n) is 1.21. The van der Waals surface area contributed by atoms with E-state index < -0.39 is 0 Å². The van der Waals surface area contributed by atoms with Gasteiger partial charge in [-0.15, -0.1) is 0 Å². The lowest BCUT2D eigenvalue weighted by atomic mass is 10.4. The molecule has 2 aromatic rings. The molecule has 0 amide bonds. The summed E-state index contributed by atoms with van der Waals surface area (Å²) in [6.45, 7) is 0. The van der Waals surface area contributed by atoms with Crippen molar-refractivity contribution in [1.82, 2.24) is 19.9 Å². The van der Waals surface area contributed by atoms with Crippen LogP contribution in [0.2, 0.25) is 0 Å². The molecule has 0 saturated heterocycles. The Kier molecular flexibility index (Phi) is 2.47. The van der Waals surface area contributed by atoms with Gasteiger partial charge in [-0.2, -0.15) is 15.2 Å². The molecule has 0 bridgehead atoms. The average Bonchev–Trinajstić information content (AvgIpc) is 2.36. The van der Waals surface area contributed by atoms with Gasteiger partial charge in [-0.25, -0.2) is 9.97 Å². The minimum absolute atomic E-state index is 0.0723. The normalized spacial score (nSPS) is 9.81. The topological polar surface area (TPSA) is 93.8 Å². The highest BCUT2D eigenvalue weighted by atomic mass is 16.5. The number of nitrogens with zero attached hydrogens (tertiary/aromatic N) is 5. The first-order valence-corrected chi connectivity index (χ1v) is 4.31. The van der Waals surface area contributed by atoms with E-state index in [4.69, 9.17) is 14.7 Å². The van der Waals surface area contributed by atoms with Gasteiger partial charge in [-0.05, 0) is 0 Å². The van der Waals surface area contributed by atoms with Crippen LogP contribution < -0.4 is 9.47 Å². The molecule has 0 aliphatic rings. The van der Waals surface area contributed by atoms with Crippen LogP contribution in [0, 0.1) is 11.3 Å². The van der Waals surface area contributed by atoms with Gasteiger partial charge in [0.05, 0.1) is 14.2 Å². The lowest BCUT2D eigenvalue weighted by Crippen LogP contribution is -2.00. The van der Waals surface area contributed by atoms with E-state index in [1.165, 1.54) is 20.5 Å². The number of methoxy groups -OCH3 is 2. The van der Waals surface area contributed by atoms with Crippen LogP contribution in [0.4, 0.5) is 0 Å². The molecular weight excluding hydrogens is 210 g/mol. The molecule has 2 aromatic heterocycles. The number of nitriles is 1. The van der Waals surface area contributed by atoms with Crippen LogP contribution >= 0.6 is 0 Å². The smallest absolute Gasteiger partial charge is 0.253 e. The quantitative estimate of drug-likeness (QED) is 0.714. The van der Waals surface area contributed by atoms with Crippen LogP contribution in [0.5, 0.6) is 11.8 Å². The molecule has 80 valence electrons. The minimum atomic E-state index is 0.0723. The van der Waals surface area contributed by atoms with E-state index >= 15 is 0 Å². The third kappa shape index (κ3) is 1.46. The van der Waals surface area contributed by atoms with Gasteiger partial charge in [0.1, 0.15) is 12.4 Å². The molecule has 2 heterocycles. The van der Waals surface area contributed by atoms with Crippen molar-refractivity contribution in [2.75, 3.05) is 14.2 Å². The Balaban J connectivity index is 2.79. The molecule has 16 heavy (non-hydrogen) atoms. The zero-order valence-electron chi connectivity index (χ0n) is 8.63. The van der Waals surface area contributed by atoms with Crippen molar-refractivity contribution in [2.45, 2.75) is 0 Å². The van der Waals surface area contributed by atoms with Crippen LogP contribution in [0.1, 0.15) is 5.69 Å². The summed E-state index contributed by atoms with van der Waals surface area (Å²) in [5, 5.41) is 8.86. The molecule has 7 heteroatoms. The summed E-state index contributed by atoms with van der Waals surface area (Å²) in [5.41, 5.74) is 0.730. The highest BCUT2D eigenvalue weighted by Crippen LogP contribution is 2.21. The number of hydrogen-bond acceptors (Lipinski definition) is 7. The van der Waals surface area contributed by atoms with Crippen molar-refractivity contribution in [1.29, 1.82) is 5.26 Å². The fourth-order valence-corrected chi connectivity index (χ4v) is 1.21. The van der Waals surface area contributed by atoms with Gasteiger partial charge >= 0.3 is 0 Å². The van der Waals surface area contributed by atoms with E-state index in [2.05, 4.69) is 19.9 Å². The average molecular weight is 217 g/mol. The Hall–Kier alpha value is -2.49. The highest BCUT2D eigenvalue weighted by molar-refractivity contribution is 5.76. The Morgan fingerprint density at radius 3 is 2.50 bits per heavy atom. The van der Waals surface area contributed by atoms with Gasteiger partial charge < -0.3 is 9.47 Å². The minimum Gasteiger partial charge on any atom is -0.479 e. The van der Waals surface area contributed by atoms with E-state index in [0.29, 0.717) is 11.2 Å². The number of ether oxygens (including phenoxy) is 2. The number of aromatic nitrogens is 4. The van der Waals surface area contributed by atoms with Crippen LogP contribution in [-0.4, -0.2) is 34.2 Å². The maximum absolute atomic E-state index is 8.86. The van der Waals surface area contributed by atoms with Crippen LogP contribution in [0.15, 0.2) is 6.33 Å². The first-order valence-electron chi connectivity index (χ1n) is 4.31. The van der Waals surface area contributed by atoms with Gasteiger partial charge in [-0.1, -0.05) is 0 Å². The summed E-state index contributed by atoms with van der Waals surface area (Å²) in [5.74, 6) is 0.410. The molecule has 7 nitrogen and oxygen atoms in total. The highest BCUT2D eigenvalue weighted by Gasteiger charge is 2.13. The lowest BCUT2D eigenvalue weighted by molar-refractivity contribution is 0.392. The van der Waals surface area contributed by atoms with Gasteiger partial charge in [0.2, 0.25) is 11.6 Å².